The molecule has 0 aromatic heterocycles. The molecule has 5 nitrogen and oxygen atoms in total. The number of methoxy groups -OCH3 is 1. The van der Waals surface area contributed by atoms with Gasteiger partial charge in [-0.15, -0.1) is 0 Å². The maximum atomic E-state index is 12.0. The molecule has 0 spiro atoms. The van der Waals surface area contributed by atoms with Gasteiger partial charge in [0.1, 0.15) is 0 Å². The summed E-state index contributed by atoms with van der Waals surface area (Å²) >= 11 is 0. The van der Waals surface area contributed by atoms with Gasteiger partial charge in [0, 0.05) is 0 Å². The zero-order chi connectivity index (χ0) is 14.3. The topological polar surface area (TPSA) is 61.8 Å². The minimum absolute atomic E-state index is 0.00889. The van der Waals surface area contributed by atoms with Crippen LogP contribution in [0.5, 0.6) is 0 Å². The fraction of sp³-hybridized carbons (Fsp3) is 0.692. The second kappa shape index (κ2) is 7.99. The normalized spacial score (nSPS) is 17.6. The van der Waals surface area contributed by atoms with Crippen molar-refractivity contribution < 1.29 is 23.5 Å². The highest BCUT2D eigenvalue weighted by atomic mass is 28.2. The van der Waals surface area contributed by atoms with Crippen LogP contribution in [0.3, 0.4) is 0 Å². The Morgan fingerprint density at radius 2 is 1.79 bits per heavy atom. The highest BCUT2D eigenvalue weighted by Crippen LogP contribution is 2.32. The molecule has 0 saturated heterocycles. The summed E-state index contributed by atoms with van der Waals surface area (Å²) < 4.78 is 15.0. The second-order valence-electron chi connectivity index (χ2n) is 4.49. The average Bonchev–Trinajstić information content (AvgIpc) is 2.44. The van der Waals surface area contributed by atoms with Crippen molar-refractivity contribution in [1.29, 1.82) is 0 Å². The van der Waals surface area contributed by atoms with Gasteiger partial charge in [-0.25, -0.2) is 9.59 Å². The lowest BCUT2D eigenvalue weighted by Gasteiger charge is -2.24. The zero-order valence-electron chi connectivity index (χ0n) is 11.9. The third-order valence-corrected chi connectivity index (χ3v) is 3.70. The van der Waals surface area contributed by atoms with Gasteiger partial charge in [0.25, 0.3) is 0 Å². The quantitative estimate of drug-likeness (QED) is 0.324. The average molecular weight is 286 g/mol. The van der Waals surface area contributed by atoms with Crippen molar-refractivity contribution >= 4 is 22.4 Å². The van der Waals surface area contributed by atoms with Gasteiger partial charge in [0.15, 0.2) is 0 Å². The Balaban J connectivity index is 3.09. The molecule has 0 aliphatic heterocycles. The molecule has 1 saturated carbocycles. The molecule has 0 atom stereocenters. The third-order valence-electron chi connectivity index (χ3n) is 3.33. The van der Waals surface area contributed by atoms with Crippen molar-refractivity contribution in [3.63, 3.8) is 0 Å². The van der Waals surface area contributed by atoms with Crippen molar-refractivity contribution in [3.8, 4) is 0 Å². The molecular formula is C13H22O5Si. The number of hydrogen-bond donors (Lipinski definition) is 0. The van der Waals surface area contributed by atoms with Crippen LogP contribution in [0, 0.1) is 5.92 Å². The Bertz CT molecular complexity index is 358. The Morgan fingerprint density at radius 1 is 1.16 bits per heavy atom. The van der Waals surface area contributed by atoms with E-state index in [-0.39, 0.29) is 18.3 Å². The van der Waals surface area contributed by atoms with E-state index in [0.717, 1.165) is 25.7 Å². The van der Waals surface area contributed by atoms with E-state index in [0.29, 0.717) is 16.1 Å². The van der Waals surface area contributed by atoms with Crippen molar-refractivity contribution in [2.45, 2.75) is 39.0 Å². The first kappa shape index (κ1) is 15.8. The fourth-order valence-corrected chi connectivity index (χ4v) is 2.67. The van der Waals surface area contributed by atoms with E-state index in [9.17, 15) is 9.59 Å². The molecular weight excluding hydrogens is 264 g/mol. The van der Waals surface area contributed by atoms with Crippen LogP contribution in [0.1, 0.15) is 39.0 Å². The highest BCUT2D eigenvalue weighted by Gasteiger charge is 2.31. The number of rotatable bonds is 5. The molecule has 0 heterocycles. The molecule has 1 aliphatic carbocycles. The van der Waals surface area contributed by atoms with Crippen LogP contribution in [0.4, 0.5) is 0 Å². The first-order valence-electron chi connectivity index (χ1n) is 6.69. The summed E-state index contributed by atoms with van der Waals surface area (Å²) in [4.78, 5) is 23.9. The van der Waals surface area contributed by atoms with Crippen molar-refractivity contribution in [1.82, 2.24) is 0 Å². The van der Waals surface area contributed by atoms with E-state index in [1.807, 2.05) is 0 Å². The van der Waals surface area contributed by atoms with Crippen LogP contribution in [0.15, 0.2) is 11.3 Å². The first-order chi connectivity index (χ1) is 9.15. The molecule has 6 heteroatoms. The van der Waals surface area contributed by atoms with Crippen molar-refractivity contribution in [2.24, 2.45) is 5.92 Å². The van der Waals surface area contributed by atoms with E-state index in [1.165, 1.54) is 13.5 Å². The maximum Gasteiger partial charge on any atom is 0.374 e. The molecule has 0 N–H and O–H groups in total. The summed E-state index contributed by atoms with van der Waals surface area (Å²) in [7, 11) is 1.68. The summed E-state index contributed by atoms with van der Waals surface area (Å²) in [6.45, 7) is 1.97. The van der Waals surface area contributed by atoms with Gasteiger partial charge in [-0.2, -0.15) is 0 Å². The van der Waals surface area contributed by atoms with Gasteiger partial charge in [0.2, 0.25) is 16.2 Å². The molecule has 1 fully saturated rings. The number of ether oxygens (including phenoxy) is 2. The van der Waals surface area contributed by atoms with Crippen molar-refractivity contribution in [3.05, 3.63) is 11.3 Å². The fourth-order valence-electron chi connectivity index (χ4n) is 2.45. The highest BCUT2D eigenvalue weighted by molar-refractivity contribution is 6.11. The van der Waals surface area contributed by atoms with Crippen LogP contribution in [0.2, 0.25) is 0 Å². The van der Waals surface area contributed by atoms with E-state index in [1.54, 1.807) is 6.92 Å². The second-order valence-corrected chi connectivity index (χ2v) is 4.90. The predicted molar refractivity (Wildman–Crippen MR) is 73.3 cm³/mol. The molecule has 1 aliphatic rings. The lowest BCUT2D eigenvalue weighted by atomic mass is 9.83. The lowest BCUT2D eigenvalue weighted by Crippen LogP contribution is -2.24. The van der Waals surface area contributed by atoms with Crippen molar-refractivity contribution in [2.75, 3.05) is 13.7 Å². The number of esters is 1. The molecule has 0 bridgehead atoms. The molecule has 19 heavy (non-hydrogen) atoms. The van der Waals surface area contributed by atoms with Crippen LogP contribution < -0.4 is 0 Å². The predicted octanol–water partition coefficient (Wildman–Crippen LogP) is 0.854. The summed E-state index contributed by atoms with van der Waals surface area (Å²) in [5.41, 5.74) is 0.357. The molecule has 0 aromatic carbocycles. The van der Waals surface area contributed by atoms with Gasteiger partial charge < -0.3 is 13.9 Å². The smallest absolute Gasteiger partial charge is 0.374 e. The maximum absolute atomic E-state index is 12.0. The molecule has 1 rings (SSSR count). The van der Waals surface area contributed by atoms with Crippen LogP contribution in [-0.2, 0) is 23.5 Å². The summed E-state index contributed by atoms with van der Waals surface area (Å²) in [5.74, 6) is -0.981. The van der Waals surface area contributed by atoms with E-state index in [4.69, 9.17) is 13.9 Å². The molecule has 0 radical (unpaired) electrons. The van der Waals surface area contributed by atoms with Crippen LogP contribution in [-0.4, -0.2) is 36.1 Å². The third kappa shape index (κ3) is 4.09. The van der Waals surface area contributed by atoms with Crippen LogP contribution >= 0.6 is 0 Å². The largest absolute Gasteiger partial charge is 0.525 e. The number of carbonyl (C=O) groups excluding carboxylic acids is 2. The van der Waals surface area contributed by atoms with Gasteiger partial charge in [0.05, 0.1) is 19.3 Å². The minimum Gasteiger partial charge on any atom is -0.525 e. The van der Waals surface area contributed by atoms with Gasteiger partial charge in [-0.1, -0.05) is 19.3 Å². The zero-order valence-corrected chi connectivity index (χ0v) is 13.9. The lowest BCUT2D eigenvalue weighted by molar-refractivity contribution is -0.143. The standard InChI is InChI=1S/C13H22O5Si/c1-3-17-13(15)11(16-2)10(12(14)18-19)9-7-5-4-6-8-9/h9H,3-8H2,1-2,19H3/b11-10-. The molecule has 0 aromatic rings. The Labute approximate surface area is 116 Å². The monoisotopic (exact) mass is 286 g/mol. The summed E-state index contributed by atoms with van der Waals surface area (Å²) in [6.07, 6.45) is 5.06. The van der Waals surface area contributed by atoms with Gasteiger partial charge in [-0.3, -0.25) is 0 Å². The van der Waals surface area contributed by atoms with E-state index < -0.39 is 11.9 Å². The van der Waals surface area contributed by atoms with Gasteiger partial charge >= 0.3 is 11.9 Å². The summed E-state index contributed by atoms with van der Waals surface area (Å²) in [6, 6.07) is 0. The minimum atomic E-state index is -0.586. The summed E-state index contributed by atoms with van der Waals surface area (Å²) in [5, 5.41) is 0. The van der Waals surface area contributed by atoms with E-state index >= 15 is 0 Å². The molecule has 0 amide bonds. The Kier molecular flexibility index (Phi) is 6.62. The Morgan fingerprint density at radius 3 is 2.26 bits per heavy atom. The van der Waals surface area contributed by atoms with Gasteiger partial charge in [-0.05, 0) is 25.7 Å². The number of carbonyl (C=O) groups is 2. The Hall–Kier alpha value is -1.30. The first-order valence-corrected chi connectivity index (χ1v) is 7.50. The molecule has 0 unspecified atom stereocenters. The molecule has 108 valence electrons. The van der Waals surface area contributed by atoms with E-state index in [2.05, 4.69) is 0 Å². The SMILES string of the molecule is CCOC(=O)/C(OC)=C(/C(=O)O[SiH3])C1CCCCC1. The number of hydrogen-bond acceptors (Lipinski definition) is 5. The van der Waals surface area contributed by atoms with Crippen LogP contribution in [0.25, 0.3) is 0 Å².